The van der Waals surface area contributed by atoms with Crippen LogP contribution in [0.15, 0.2) is 28.7 Å². The quantitative estimate of drug-likeness (QED) is 0.840. The van der Waals surface area contributed by atoms with Gasteiger partial charge in [-0.25, -0.2) is 4.79 Å². The topological polar surface area (TPSA) is 77.9 Å². The predicted octanol–water partition coefficient (Wildman–Crippen LogP) is 2.12. The van der Waals surface area contributed by atoms with Crippen molar-refractivity contribution in [2.24, 2.45) is 0 Å². The summed E-state index contributed by atoms with van der Waals surface area (Å²) >= 11 is 3.31. The molecule has 0 saturated carbocycles. The molecule has 1 fully saturated rings. The molecular weight excluding hydrogens is 340 g/mol. The van der Waals surface area contributed by atoms with Crippen LogP contribution in [-0.2, 0) is 9.59 Å². The van der Waals surface area contributed by atoms with Crippen molar-refractivity contribution in [3.05, 3.63) is 28.7 Å². The van der Waals surface area contributed by atoms with Crippen LogP contribution in [0.5, 0.6) is 0 Å². The third kappa shape index (κ3) is 3.41. The summed E-state index contributed by atoms with van der Waals surface area (Å²) in [6.07, 6.45) is 0.669. The van der Waals surface area contributed by atoms with E-state index in [9.17, 15) is 14.4 Å². The van der Waals surface area contributed by atoms with E-state index in [1.807, 2.05) is 0 Å². The molecule has 2 rings (SSSR count). The van der Waals surface area contributed by atoms with E-state index in [2.05, 4.69) is 15.9 Å². The number of carbonyl (C=O) groups is 3. The van der Waals surface area contributed by atoms with E-state index >= 15 is 0 Å². The average molecular weight is 355 g/mol. The zero-order chi connectivity index (χ0) is 15.4. The first-order valence-corrected chi connectivity index (χ1v) is 7.34. The second kappa shape index (κ2) is 6.71. The van der Waals surface area contributed by atoms with E-state index in [-0.39, 0.29) is 12.5 Å². The first-order chi connectivity index (χ1) is 10.0. The smallest absolute Gasteiger partial charge is 0.407 e. The Hall–Kier alpha value is -1.89. The summed E-state index contributed by atoms with van der Waals surface area (Å²) in [5.41, 5.74) is 0.576. The molecule has 0 spiro atoms. The summed E-state index contributed by atoms with van der Waals surface area (Å²) in [6.45, 7) is 0.255. The highest BCUT2D eigenvalue weighted by Crippen LogP contribution is 2.24. The maximum Gasteiger partial charge on any atom is 0.407 e. The lowest BCUT2D eigenvalue weighted by Gasteiger charge is -2.27. The molecular formula is C14H15BrN2O4. The van der Waals surface area contributed by atoms with Crippen LogP contribution in [0.1, 0.15) is 12.8 Å². The van der Waals surface area contributed by atoms with Gasteiger partial charge in [-0.2, -0.15) is 0 Å². The van der Waals surface area contributed by atoms with E-state index in [1.54, 1.807) is 24.3 Å². The Morgan fingerprint density at radius 2 is 2.05 bits per heavy atom. The summed E-state index contributed by atoms with van der Waals surface area (Å²) < 4.78 is 0.859. The van der Waals surface area contributed by atoms with Crippen molar-refractivity contribution < 1.29 is 19.5 Å². The van der Waals surface area contributed by atoms with Gasteiger partial charge in [0.05, 0.1) is 6.54 Å². The SMILES string of the molecule is O=CCN(C(=O)C1CCCN1C(=O)O)c1ccc(Br)cc1. The Morgan fingerprint density at radius 3 is 2.62 bits per heavy atom. The van der Waals surface area contributed by atoms with Gasteiger partial charge >= 0.3 is 6.09 Å². The van der Waals surface area contributed by atoms with Crippen molar-refractivity contribution in [2.75, 3.05) is 18.0 Å². The molecule has 1 aliphatic rings. The number of aldehydes is 1. The second-order valence-corrected chi connectivity index (χ2v) is 5.64. The molecule has 1 aromatic rings. The lowest BCUT2D eigenvalue weighted by molar-refractivity contribution is -0.123. The molecule has 112 valence electrons. The Balaban J connectivity index is 2.25. The normalized spacial score (nSPS) is 17.6. The van der Waals surface area contributed by atoms with Crippen molar-refractivity contribution >= 4 is 39.9 Å². The second-order valence-electron chi connectivity index (χ2n) is 4.73. The van der Waals surface area contributed by atoms with Crippen LogP contribution in [0.3, 0.4) is 0 Å². The summed E-state index contributed by atoms with van der Waals surface area (Å²) in [7, 11) is 0. The molecule has 1 aromatic carbocycles. The van der Waals surface area contributed by atoms with Crippen LogP contribution in [0.2, 0.25) is 0 Å². The number of amides is 2. The fourth-order valence-corrected chi connectivity index (χ4v) is 2.71. The molecule has 1 aliphatic heterocycles. The number of halogens is 1. The fourth-order valence-electron chi connectivity index (χ4n) is 2.45. The van der Waals surface area contributed by atoms with Crippen molar-refractivity contribution in [3.63, 3.8) is 0 Å². The number of hydrogen-bond donors (Lipinski definition) is 1. The minimum Gasteiger partial charge on any atom is -0.465 e. The van der Waals surface area contributed by atoms with Crippen molar-refractivity contribution in [3.8, 4) is 0 Å². The average Bonchev–Trinajstić information content (AvgIpc) is 2.95. The van der Waals surface area contributed by atoms with Crippen LogP contribution in [0, 0.1) is 0 Å². The Bertz CT molecular complexity index is 546. The predicted molar refractivity (Wildman–Crippen MR) is 80.3 cm³/mol. The number of anilines is 1. The summed E-state index contributed by atoms with van der Waals surface area (Å²) in [6, 6.07) is 6.25. The molecule has 1 N–H and O–H groups in total. The number of nitrogens with zero attached hydrogens (tertiary/aromatic N) is 2. The third-order valence-corrected chi connectivity index (χ3v) is 3.97. The van der Waals surface area contributed by atoms with Crippen molar-refractivity contribution in [2.45, 2.75) is 18.9 Å². The van der Waals surface area contributed by atoms with E-state index in [4.69, 9.17) is 5.11 Å². The van der Waals surface area contributed by atoms with Gasteiger partial charge in [0, 0.05) is 16.7 Å². The van der Waals surface area contributed by atoms with Crippen LogP contribution < -0.4 is 4.90 Å². The van der Waals surface area contributed by atoms with Gasteiger partial charge in [-0.3, -0.25) is 9.69 Å². The highest BCUT2D eigenvalue weighted by atomic mass is 79.9. The zero-order valence-electron chi connectivity index (χ0n) is 11.2. The van der Waals surface area contributed by atoms with Crippen LogP contribution in [0.4, 0.5) is 10.5 Å². The molecule has 0 bridgehead atoms. The van der Waals surface area contributed by atoms with Gasteiger partial charge in [-0.15, -0.1) is 0 Å². The van der Waals surface area contributed by atoms with Gasteiger partial charge in [0.1, 0.15) is 12.3 Å². The van der Waals surface area contributed by atoms with Crippen LogP contribution >= 0.6 is 15.9 Å². The Kier molecular flexibility index (Phi) is 4.95. The zero-order valence-corrected chi connectivity index (χ0v) is 12.8. The molecule has 7 heteroatoms. The molecule has 1 atom stereocenters. The van der Waals surface area contributed by atoms with Crippen molar-refractivity contribution in [1.29, 1.82) is 0 Å². The highest BCUT2D eigenvalue weighted by Gasteiger charge is 2.36. The number of likely N-dealkylation sites (tertiary alicyclic amines) is 1. The number of carbonyl (C=O) groups excluding carboxylic acids is 2. The van der Waals surface area contributed by atoms with Gasteiger partial charge in [-0.1, -0.05) is 15.9 Å². The maximum absolute atomic E-state index is 12.6. The molecule has 2 amide bonds. The molecule has 1 heterocycles. The summed E-state index contributed by atoms with van der Waals surface area (Å²) in [4.78, 5) is 37.1. The first kappa shape index (κ1) is 15.5. The molecule has 0 aliphatic carbocycles. The van der Waals surface area contributed by atoms with Gasteiger partial charge in [0.15, 0.2) is 0 Å². The van der Waals surface area contributed by atoms with Gasteiger partial charge < -0.3 is 14.8 Å². The van der Waals surface area contributed by atoms with E-state index in [1.165, 1.54) is 4.90 Å². The standard InChI is InChI=1S/C14H15BrN2O4/c15-10-3-5-11(6-4-10)16(8-9-18)13(19)12-2-1-7-17(12)14(20)21/h3-6,9,12H,1-2,7-8H2,(H,20,21). The number of carboxylic acid groups (broad SMARTS) is 1. The molecule has 6 nitrogen and oxygen atoms in total. The molecule has 21 heavy (non-hydrogen) atoms. The monoisotopic (exact) mass is 354 g/mol. The molecule has 1 unspecified atom stereocenters. The molecule has 0 radical (unpaired) electrons. The van der Waals surface area contributed by atoms with E-state index < -0.39 is 12.1 Å². The van der Waals surface area contributed by atoms with Crippen LogP contribution in [0.25, 0.3) is 0 Å². The fraction of sp³-hybridized carbons (Fsp3) is 0.357. The number of hydrogen-bond acceptors (Lipinski definition) is 3. The van der Waals surface area contributed by atoms with E-state index in [0.29, 0.717) is 31.4 Å². The third-order valence-electron chi connectivity index (χ3n) is 3.45. The molecule has 1 saturated heterocycles. The minimum absolute atomic E-state index is 0.0928. The Labute approximate surface area is 130 Å². The Morgan fingerprint density at radius 1 is 1.38 bits per heavy atom. The van der Waals surface area contributed by atoms with E-state index in [0.717, 1.165) is 9.37 Å². The highest BCUT2D eigenvalue weighted by molar-refractivity contribution is 9.10. The minimum atomic E-state index is -1.10. The largest absolute Gasteiger partial charge is 0.465 e. The van der Waals surface area contributed by atoms with Crippen molar-refractivity contribution in [1.82, 2.24) is 4.90 Å². The lowest BCUT2D eigenvalue weighted by Crippen LogP contribution is -2.48. The molecule has 0 aromatic heterocycles. The maximum atomic E-state index is 12.6. The van der Waals surface area contributed by atoms with Crippen LogP contribution in [-0.4, -0.2) is 47.4 Å². The first-order valence-electron chi connectivity index (χ1n) is 6.54. The van der Waals surface area contributed by atoms with Gasteiger partial charge in [0.2, 0.25) is 5.91 Å². The lowest BCUT2D eigenvalue weighted by atomic mass is 10.1. The summed E-state index contributed by atoms with van der Waals surface area (Å²) in [5.74, 6) is -0.357. The summed E-state index contributed by atoms with van der Waals surface area (Å²) in [5, 5.41) is 9.13. The number of benzene rings is 1. The number of rotatable bonds is 4. The van der Waals surface area contributed by atoms with Gasteiger partial charge in [0.25, 0.3) is 0 Å². The van der Waals surface area contributed by atoms with Gasteiger partial charge in [-0.05, 0) is 37.1 Å².